The molecule has 1 amide bonds. The minimum absolute atomic E-state index is 0.0851. The molecule has 3 aromatic carbocycles. The van der Waals surface area contributed by atoms with Gasteiger partial charge in [-0.25, -0.2) is 0 Å². The van der Waals surface area contributed by atoms with Crippen LogP contribution < -0.4 is 5.32 Å². The number of likely N-dealkylation sites (N-methyl/N-ethyl adjacent to an activating group) is 1. The Labute approximate surface area is 162 Å². The Bertz CT molecular complexity index is 929. The second kappa shape index (κ2) is 8.36. The number of carbonyl (C=O) groups excluding carboxylic acids is 1. The standard InChI is InChI=1S/C24H28N2O/c1-17-10-5-6-12-21(17)16-26(4)24(27)19(3)25-18(2)22-15-9-13-20-11-7-8-14-23(20)22/h5-15,18-19,25H,16H2,1-4H3. The van der Waals surface area contributed by atoms with Crippen molar-refractivity contribution in [2.24, 2.45) is 0 Å². The zero-order valence-corrected chi connectivity index (χ0v) is 16.6. The molecule has 0 radical (unpaired) electrons. The van der Waals surface area contributed by atoms with Gasteiger partial charge in [-0.1, -0.05) is 66.7 Å². The Morgan fingerprint density at radius 1 is 0.963 bits per heavy atom. The number of aryl methyl sites for hydroxylation is 1. The fraction of sp³-hybridized carbons (Fsp3) is 0.292. The van der Waals surface area contributed by atoms with Crippen molar-refractivity contribution < 1.29 is 4.79 Å². The molecule has 3 aromatic rings. The Kier molecular flexibility index (Phi) is 5.92. The van der Waals surface area contributed by atoms with Gasteiger partial charge in [0.1, 0.15) is 0 Å². The highest BCUT2D eigenvalue weighted by Gasteiger charge is 2.21. The van der Waals surface area contributed by atoms with E-state index in [2.05, 4.69) is 73.8 Å². The topological polar surface area (TPSA) is 32.3 Å². The molecule has 0 aliphatic heterocycles. The van der Waals surface area contributed by atoms with Crippen molar-refractivity contribution in [2.75, 3.05) is 7.05 Å². The van der Waals surface area contributed by atoms with Crippen molar-refractivity contribution in [3.05, 3.63) is 83.4 Å². The van der Waals surface area contributed by atoms with E-state index in [4.69, 9.17) is 0 Å². The minimum atomic E-state index is -0.256. The largest absolute Gasteiger partial charge is 0.340 e. The highest BCUT2D eigenvalue weighted by Crippen LogP contribution is 2.24. The van der Waals surface area contributed by atoms with E-state index in [0.717, 1.165) is 0 Å². The molecule has 3 rings (SSSR count). The number of amides is 1. The summed E-state index contributed by atoms with van der Waals surface area (Å²) in [7, 11) is 1.87. The number of rotatable bonds is 6. The molecule has 0 aliphatic carbocycles. The summed E-state index contributed by atoms with van der Waals surface area (Å²) in [5.41, 5.74) is 3.61. The number of nitrogens with one attached hydrogen (secondary N) is 1. The molecule has 2 unspecified atom stereocenters. The predicted octanol–water partition coefficient (Wildman–Crippen LogP) is 4.85. The number of nitrogens with zero attached hydrogens (tertiary/aromatic N) is 1. The van der Waals surface area contributed by atoms with Crippen LogP contribution in [-0.4, -0.2) is 23.9 Å². The van der Waals surface area contributed by atoms with Crippen molar-refractivity contribution >= 4 is 16.7 Å². The van der Waals surface area contributed by atoms with Crippen molar-refractivity contribution in [2.45, 2.75) is 39.4 Å². The first-order chi connectivity index (χ1) is 13.0. The lowest BCUT2D eigenvalue weighted by atomic mass is 9.99. The monoisotopic (exact) mass is 360 g/mol. The van der Waals surface area contributed by atoms with Gasteiger partial charge in [-0.15, -0.1) is 0 Å². The molecule has 0 fully saturated rings. The van der Waals surface area contributed by atoms with Gasteiger partial charge in [0, 0.05) is 19.6 Å². The van der Waals surface area contributed by atoms with Crippen molar-refractivity contribution in [1.29, 1.82) is 0 Å². The first-order valence-electron chi connectivity index (χ1n) is 9.50. The zero-order valence-electron chi connectivity index (χ0n) is 16.6. The molecule has 0 aromatic heterocycles. The first kappa shape index (κ1) is 19.1. The van der Waals surface area contributed by atoms with Crippen LogP contribution in [0.25, 0.3) is 10.8 Å². The molecule has 0 aliphatic rings. The Morgan fingerprint density at radius 2 is 1.63 bits per heavy atom. The van der Waals surface area contributed by atoms with Gasteiger partial charge in [0.15, 0.2) is 0 Å². The van der Waals surface area contributed by atoms with Crippen molar-refractivity contribution in [3.8, 4) is 0 Å². The van der Waals surface area contributed by atoms with E-state index in [-0.39, 0.29) is 18.0 Å². The average molecular weight is 361 g/mol. The molecule has 0 spiro atoms. The number of benzene rings is 3. The number of hydrogen-bond donors (Lipinski definition) is 1. The van der Waals surface area contributed by atoms with Gasteiger partial charge in [0.05, 0.1) is 6.04 Å². The lowest BCUT2D eigenvalue weighted by Crippen LogP contribution is -2.43. The maximum atomic E-state index is 12.9. The average Bonchev–Trinajstić information content (AvgIpc) is 2.68. The van der Waals surface area contributed by atoms with Crippen LogP contribution in [0.4, 0.5) is 0 Å². The fourth-order valence-electron chi connectivity index (χ4n) is 3.62. The molecular weight excluding hydrogens is 332 g/mol. The highest BCUT2D eigenvalue weighted by molar-refractivity contribution is 5.86. The van der Waals surface area contributed by atoms with E-state index in [1.165, 1.54) is 27.5 Å². The molecule has 2 atom stereocenters. The second-order valence-electron chi connectivity index (χ2n) is 7.30. The van der Waals surface area contributed by atoms with Gasteiger partial charge >= 0.3 is 0 Å². The molecule has 1 N–H and O–H groups in total. The van der Waals surface area contributed by atoms with Gasteiger partial charge in [0.2, 0.25) is 5.91 Å². The molecule has 140 valence electrons. The normalized spacial score (nSPS) is 13.3. The molecule has 0 saturated heterocycles. The van der Waals surface area contributed by atoms with Crippen LogP contribution >= 0.6 is 0 Å². The van der Waals surface area contributed by atoms with Crippen molar-refractivity contribution in [3.63, 3.8) is 0 Å². The fourth-order valence-corrected chi connectivity index (χ4v) is 3.62. The van der Waals surface area contributed by atoms with Gasteiger partial charge < -0.3 is 4.90 Å². The van der Waals surface area contributed by atoms with Gasteiger partial charge in [0.25, 0.3) is 0 Å². The summed E-state index contributed by atoms with van der Waals surface area (Å²) in [4.78, 5) is 14.7. The van der Waals surface area contributed by atoms with Crippen LogP contribution in [-0.2, 0) is 11.3 Å². The zero-order chi connectivity index (χ0) is 19.4. The highest BCUT2D eigenvalue weighted by atomic mass is 16.2. The molecule has 0 heterocycles. The van der Waals surface area contributed by atoms with Gasteiger partial charge in [-0.3, -0.25) is 10.1 Å². The Morgan fingerprint density at radius 3 is 2.41 bits per heavy atom. The van der Waals surface area contributed by atoms with Crippen LogP contribution in [0.3, 0.4) is 0 Å². The maximum Gasteiger partial charge on any atom is 0.239 e. The second-order valence-corrected chi connectivity index (χ2v) is 7.30. The van der Waals surface area contributed by atoms with E-state index in [0.29, 0.717) is 6.54 Å². The van der Waals surface area contributed by atoms with E-state index in [9.17, 15) is 4.79 Å². The third-order valence-corrected chi connectivity index (χ3v) is 5.21. The van der Waals surface area contributed by atoms with Crippen LogP contribution in [0.15, 0.2) is 66.7 Å². The summed E-state index contributed by atoms with van der Waals surface area (Å²) in [5, 5.41) is 5.93. The summed E-state index contributed by atoms with van der Waals surface area (Å²) in [6, 6.07) is 22.7. The third-order valence-electron chi connectivity index (χ3n) is 5.21. The molecule has 3 nitrogen and oxygen atoms in total. The van der Waals surface area contributed by atoms with Crippen LogP contribution in [0.5, 0.6) is 0 Å². The van der Waals surface area contributed by atoms with Crippen LogP contribution in [0.1, 0.15) is 36.6 Å². The van der Waals surface area contributed by atoms with E-state index >= 15 is 0 Å². The maximum absolute atomic E-state index is 12.9. The van der Waals surface area contributed by atoms with E-state index in [1.807, 2.05) is 26.1 Å². The first-order valence-corrected chi connectivity index (χ1v) is 9.50. The van der Waals surface area contributed by atoms with Gasteiger partial charge in [-0.05, 0) is 48.2 Å². The summed E-state index contributed by atoms with van der Waals surface area (Å²) in [6.07, 6.45) is 0. The minimum Gasteiger partial charge on any atom is -0.340 e. The third kappa shape index (κ3) is 4.37. The van der Waals surface area contributed by atoms with Crippen LogP contribution in [0.2, 0.25) is 0 Å². The van der Waals surface area contributed by atoms with E-state index in [1.54, 1.807) is 4.90 Å². The predicted molar refractivity (Wildman–Crippen MR) is 113 cm³/mol. The summed E-state index contributed by atoms with van der Waals surface area (Å²) in [6.45, 7) is 6.77. The molecule has 3 heteroatoms. The summed E-state index contributed by atoms with van der Waals surface area (Å²) < 4.78 is 0. The van der Waals surface area contributed by atoms with E-state index < -0.39 is 0 Å². The quantitative estimate of drug-likeness (QED) is 0.682. The lowest BCUT2D eigenvalue weighted by Gasteiger charge is -2.26. The molecule has 27 heavy (non-hydrogen) atoms. The summed E-state index contributed by atoms with van der Waals surface area (Å²) in [5.74, 6) is 0.102. The molecule has 0 saturated carbocycles. The smallest absolute Gasteiger partial charge is 0.239 e. The molecule has 0 bridgehead atoms. The number of hydrogen-bond acceptors (Lipinski definition) is 2. The van der Waals surface area contributed by atoms with Crippen LogP contribution in [0, 0.1) is 6.92 Å². The number of fused-ring (bicyclic) bond motifs is 1. The molecular formula is C24H28N2O. The lowest BCUT2D eigenvalue weighted by molar-refractivity contribution is -0.132. The SMILES string of the molecule is Cc1ccccc1CN(C)C(=O)C(C)NC(C)c1cccc2ccccc12. The Hall–Kier alpha value is -2.65. The summed E-state index contributed by atoms with van der Waals surface area (Å²) >= 11 is 0. The van der Waals surface area contributed by atoms with Crippen molar-refractivity contribution in [1.82, 2.24) is 10.2 Å². The number of carbonyl (C=O) groups is 1. The van der Waals surface area contributed by atoms with Gasteiger partial charge in [-0.2, -0.15) is 0 Å². The Balaban J connectivity index is 1.69.